The van der Waals surface area contributed by atoms with Gasteiger partial charge < -0.3 is 9.47 Å². The van der Waals surface area contributed by atoms with E-state index in [1.165, 1.54) is 5.56 Å². The maximum atomic E-state index is 5.77. The minimum atomic E-state index is 0.0723. The third kappa shape index (κ3) is 4.01. The Hall–Kier alpha value is -1.48. The molecule has 112 valence electrons. The van der Waals surface area contributed by atoms with Crippen molar-refractivity contribution in [1.82, 2.24) is 0 Å². The predicted molar refractivity (Wildman–Crippen MR) is 90.7 cm³/mol. The molecule has 1 atom stereocenters. The number of benzene rings is 2. The summed E-state index contributed by atoms with van der Waals surface area (Å²) in [5.74, 6) is 1.77. The molecule has 21 heavy (non-hydrogen) atoms. The van der Waals surface area contributed by atoms with Crippen LogP contribution >= 0.6 is 15.9 Å². The maximum Gasteiger partial charge on any atom is 0.123 e. The Bertz CT molecular complexity index is 608. The van der Waals surface area contributed by atoms with Crippen LogP contribution in [0.5, 0.6) is 11.5 Å². The predicted octanol–water partition coefficient (Wildman–Crippen LogP) is 5.28. The van der Waals surface area contributed by atoms with Crippen molar-refractivity contribution in [2.45, 2.75) is 31.7 Å². The van der Waals surface area contributed by atoms with Gasteiger partial charge in [-0.1, -0.05) is 45.8 Å². The quantitative estimate of drug-likeness (QED) is 0.684. The zero-order valence-corrected chi connectivity index (χ0v) is 14.5. The normalized spacial score (nSPS) is 12.3. The van der Waals surface area contributed by atoms with Crippen molar-refractivity contribution in [1.29, 1.82) is 0 Å². The molecule has 0 N–H and O–H groups in total. The van der Waals surface area contributed by atoms with E-state index in [1.54, 1.807) is 7.11 Å². The number of halogens is 1. The van der Waals surface area contributed by atoms with Gasteiger partial charge in [0.05, 0.1) is 18.0 Å². The van der Waals surface area contributed by atoms with E-state index in [0.717, 1.165) is 22.6 Å². The Labute approximate surface area is 135 Å². The first kappa shape index (κ1) is 15.9. The first-order valence-corrected chi connectivity index (χ1v) is 7.98. The van der Waals surface area contributed by atoms with Crippen LogP contribution in [-0.4, -0.2) is 13.2 Å². The smallest absolute Gasteiger partial charge is 0.123 e. The molecule has 3 heteroatoms. The highest BCUT2D eigenvalue weighted by atomic mass is 79.9. The molecule has 0 amide bonds. The van der Waals surface area contributed by atoms with Gasteiger partial charge in [-0.15, -0.1) is 0 Å². The molecule has 0 saturated heterocycles. The molecule has 0 aliphatic carbocycles. The fourth-order valence-electron chi connectivity index (χ4n) is 2.25. The topological polar surface area (TPSA) is 18.5 Å². The lowest BCUT2D eigenvalue weighted by Crippen LogP contribution is -2.06. The second-order valence-corrected chi connectivity index (χ2v) is 6.26. The molecule has 0 aliphatic heterocycles. The third-order valence-corrected chi connectivity index (χ3v) is 4.20. The average molecular weight is 349 g/mol. The molecule has 2 aromatic rings. The maximum absolute atomic E-state index is 5.77. The molecular weight excluding hydrogens is 328 g/mol. The molecule has 0 radical (unpaired) electrons. The van der Waals surface area contributed by atoms with Crippen LogP contribution in [0.1, 0.15) is 35.4 Å². The van der Waals surface area contributed by atoms with Gasteiger partial charge in [-0.25, -0.2) is 0 Å². The Morgan fingerprint density at radius 1 is 1.05 bits per heavy atom. The summed E-state index contributed by atoms with van der Waals surface area (Å²) in [7, 11) is 1.70. The van der Waals surface area contributed by atoms with E-state index in [0.29, 0.717) is 0 Å². The minimum Gasteiger partial charge on any atom is -0.496 e. The number of hydrogen-bond donors (Lipinski definition) is 0. The number of methoxy groups -OCH3 is 1. The van der Waals surface area contributed by atoms with Crippen molar-refractivity contribution >= 4 is 15.9 Å². The number of hydrogen-bond acceptors (Lipinski definition) is 2. The molecule has 1 unspecified atom stereocenters. The Kier molecular flexibility index (Phi) is 5.29. The van der Waals surface area contributed by atoms with E-state index >= 15 is 0 Å². The fraction of sp³-hybridized carbons (Fsp3) is 0.333. The number of rotatable bonds is 5. The highest BCUT2D eigenvalue weighted by Gasteiger charge is 2.16. The number of ether oxygens (including phenoxy) is 2. The van der Waals surface area contributed by atoms with Crippen molar-refractivity contribution in [3.8, 4) is 11.5 Å². The summed E-state index contributed by atoms with van der Waals surface area (Å²) in [5.41, 5.74) is 3.49. The van der Waals surface area contributed by atoms with Crippen LogP contribution in [0.3, 0.4) is 0 Å². The van der Waals surface area contributed by atoms with Crippen molar-refractivity contribution in [2.75, 3.05) is 7.11 Å². The molecule has 0 fully saturated rings. The Morgan fingerprint density at radius 2 is 1.81 bits per heavy atom. The number of aryl methyl sites for hydroxylation is 1. The van der Waals surface area contributed by atoms with Gasteiger partial charge in [0.25, 0.3) is 0 Å². The van der Waals surface area contributed by atoms with Crippen LogP contribution in [-0.2, 0) is 0 Å². The molecule has 0 aliphatic rings. The van der Waals surface area contributed by atoms with Gasteiger partial charge in [-0.05, 0) is 44.5 Å². The van der Waals surface area contributed by atoms with Crippen molar-refractivity contribution in [2.24, 2.45) is 0 Å². The number of alkyl halides is 1. The van der Waals surface area contributed by atoms with Crippen molar-refractivity contribution in [3.05, 3.63) is 59.2 Å². The molecule has 2 nitrogen and oxygen atoms in total. The Morgan fingerprint density at radius 3 is 2.48 bits per heavy atom. The zero-order valence-electron chi connectivity index (χ0n) is 12.9. The molecule has 2 aromatic carbocycles. The second kappa shape index (κ2) is 6.99. The summed E-state index contributed by atoms with van der Waals surface area (Å²) in [5, 5.41) is 0. The van der Waals surface area contributed by atoms with Crippen LogP contribution in [0, 0.1) is 6.92 Å². The third-order valence-electron chi connectivity index (χ3n) is 3.18. The zero-order chi connectivity index (χ0) is 15.4. The van der Waals surface area contributed by atoms with Crippen molar-refractivity contribution in [3.63, 3.8) is 0 Å². The van der Waals surface area contributed by atoms with Crippen molar-refractivity contribution < 1.29 is 9.47 Å². The van der Waals surface area contributed by atoms with Crippen LogP contribution in [0.15, 0.2) is 42.5 Å². The summed E-state index contributed by atoms with van der Waals surface area (Å²) in [6.07, 6.45) is 0.169. The monoisotopic (exact) mass is 348 g/mol. The Balaban J connectivity index is 2.35. The van der Waals surface area contributed by atoms with Gasteiger partial charge in [-0.3, -0.25) is 0 Å². The largest absolute Gasteiger partial charge is 0.496 e. The summed E-state index contributed by atoms with van der Waals surface area (Å²) in [6.45, 7) is 6.14. The van der Waals surface area contributed by atoms with Gasteiger partial charge in [-0.2, -0.15) is 0 Å². The van der Waals surface area contributed by atoms with Crippen LogP contribution in [0.4, 0.5) is 0 Å². The summed E-state index contributed by atoms with van der Waals surface area (Å²) in [6, 6.07) is 14.4. The van der Waals surface area contributed by atoms with Gasteiger partial charge in [0.1, 0.15) is 11.5 Å². The van der Waals surface area contributed by atoms with Crippen LogP contribution < -0.4 is 9.47 Å². The summed E-state index contributed by atoms with van der Waals surface area (Å²) in [4.78, 5) is 0.0723. The highest BCUT2D eigenvalue weighted by molar-refractivity contribution is 9.09. The first-order valence-electron chi connectivity index (χ1n) is 7.06. The van der Waals surface area contributed by atoms with E-state index in [2.05, 4.69) is 47.1 Å². The summed E-state index contributed by atoms with van der Waals surface area (Å²) < 4.78 is 11.2. The molecule has 0 heterocycles. The van der Waals surface area contributed by atoms with E-state index in [1.807, 2.05) is 32.0 Å². The fourth-order valence-corrected chi connectivity index (χ4v) is 2.89. The molecular formula is C18H21BrO2. The molecule has 0 spiro atoms. The van der Waals surface area contributed by atoms with E-state index in [9.17, 15) is 0 Å². The lowest BCUT2D eigenvalue weighted by Gasteiger charge is -2.17. The van der Waals surface area contributed by atoms with Gasteiger partial charge in [0.2, 0.25) is 0 Å². The lowest BCUT2D eigenvalue weighted by molar-refractivity contribution is 0.242. The molecule has 0 saturated carbocycles. The molecule has 0 bridgehead atoms. The minimum absolute atomic E-state index is 0.0723. The molecule has 0 aromatic heterocycles. The van der Waals surface area contributed by atoms with Gasteiger partial charge in [0.15, 0.2) is 0 Å². The van der Waals surface area contributed by atoms with E-state index < -0.39 is 0 Å². The lowest BCUT2D eigenvalue weighted by atomic mass is 10.0. The van der Waals surface area contributed by atoms with E-state index in [4.69, 9.17) is 9.47 Å². The molecule has 2 rings (SSSR count). The van der Waals surface area contributed by atoms with Gasteiger partial charge >= 0.3 is 0 Å². The second-order valence-electron chi connectivity index (χ2n) is 5.35. The van der Waals surface area contributed by atoms with Crippen LogP contribution in [0.25, 0.3) is 0 Å². The van der Waals surface area contributed by atoms with Crippen LogP contribution in [0.2, 0.25) is 0 Å². The average Bonchev–Trinajstić information content (AvgIpc) is 2.46. The first-order chi connectivity index (χ1) is 10.0. The van der Waals surface area contributed by atoms with E-state index in [-0.39, 0.29) is 10.9 Å². The standard InChI is InChI=1S/C18H21BrO2/c1-12(2)21-15-7-5-6-14(11-15)18(19)16-10-13(3)8-9-17(16)20-4/h5-12,18H,1-4H3. The SMILES string of the molecule is COc1ccc(C)cc1C(Br)c1cccc(OC(C)C)c1. The van der Waals surface area contributed by atoms with Gasteiger partial charge in [0, 0.05) is 5.56 Å². The summed E-state index contributed by atoms with van der Waals surface area (Å²) >= 11 is 3.78. The highest BCUT2D eigenvalue weighted by Crippen LogP contribution is 2.38.